The lowest BCUT2D eigenvalue weighted by atomic mass is 10.1. The number of aliphatic imine (C=N–C) groups is 1. The van der Waals surface area contributed by atoms with E-state index >= 15 is 0 Å². The average Bonchev–Trinajstić information content (AvgIpc) is 2.61. The zero-order valence-electron chi connectivity index (χ0n) is 15.8. The van der Waals surface area contributed by atoms with Crippen LogP contribution in [0.4, 0.5) is 0 Å². The number of nitrogens with one attached hydrogen (secondary N) is 1. The van der Waals surface area contributed by atoms with Crippen LogP contribution in [-0.4, -0.2) is 66.7 Å². The molecule has 1 saturated heterocycles. The van der Waals surface area contributed by atoms with Crippen molar-refractivity contribution in [1.82, 2.24) is 15.1 Å². The van der Waals surface area contributed by atoms with Gasteiger partial charge in [-0.25, -0.2) is 0 Å². The van der Waals surface area contributed by atoms with Gasteiger partial charge < -0.3 is 20.2 Å². The second-order valence-corrected chi connectivity index (χ2v) is 7.08. The minimum absolute atomic E-state index is 0. The van der Waals surface area contributed by atoms with Crippen LogP contribution in [0.1, 0.15) is 31.7 Å². The van der Waals surface area contributed by atoms with Crippen molar-refractivity contribution in [3.05, 3.63) is 34.9 Å². The van der Waals surface area contributed by atoms with Crippen LogP contribution < -0.4 is 5.32 Å². The molecule has 0 aliphatic carbocycles. The van der Waals surface area contributed by atoms with Crippen molar-refractivity contribution in [3.63, 3.8) is 0 Å². The van der Waals surface area contributed by atoms with E-state index in [1.165, 1.54) is 5.56 Å². The maximum atomic E-state index is 9.56. The van der Waals surface area contributed by atoms with Crippen molar-refractivity contribution >= 4 is 41.5 Å². The largest absolute Gasteiger partial charge is 0.393 e. The van der Waals surface area contributed by atoms with Crippen LogP contribution in [0.3, 0.4) is 0 Å². The van der Waals surface area contributed by atoms with E-state index in [0.717, 1.165) is 69.5 Å². The monoisotopic (exact) mass is 494 g/mol. The molecular weight excluding hydrogens is 463 g/mol. The first-order valence-electron chi connectivity index (χ1n) is 9.22. The minimum Gasteiger partial charge on any atom is -0.393 e. The van der Waals surface area contributed by atoms with Gasteiger partial charge >= 0.3 is 0 Å². The third-order valence-corrected chi connectivity index (χ3v) is 4.73. The standard InChI is InChI=1S/C19H31ClN4O.HI/c1-3-21-19(23(2)15-16-5-7-17(20)8-6-16)22-11-4-12-24-13-9-18(25)10-14-24;/h5-8,18,25H,3-4,9-15H2,1-2H3,(H,21,22);1H. The Kier molecular flexibility index (Phi) is 11.5. The number of likely N-dealkylation sites (tertiary alicyclic amines) is 1. The van der Waals surface area contributed by atoms with Crippen molar-refractivity contribution in [1.29, 1.82) is 0 Å². The lowest BCUT2D eigenvalue weighted by Gasteiger charge is -2.29. The lowest BCUT2D eigenvalue weighted by molar-refractivity contribution is 0.0824. The molecule has 0 saturated carbocycles. The first-order valence-corrected chi connectivity index (χ1v) is 9.60. The number of benzene rings is 1. The predicted molar refractivity (Wildman–Crippen MR) is 121 cm³/mol. The van der Waals surface area contributed by atoms with E-state index in [1.807, 2.05) is 24.3 Å². The highest BCUT2D eigenvalue weighted by Crippen LogP contribution is 2.11. The lowest BCUT2D eigenvalue weighted by Crippen LogP contribution is -2.39. The third kappa shape index (κ3) is 8.41. The molecule has 0 aromatic heterocycles. The fraction of sp³-hybridized carbons (Fsp3) is 0.632. The van der Waals surface area contributed by atoms with E-state index in [-0.39, 0.29) is 30.1 Å². The highest BCUT2D eigenvalue weighted by molar-refractivity contribution is 14.0. The summed E-state index contributed by atoms with van der Waals surface area (Å²) in [5.41, 5.74) is 1.21. The zero-order valence-corrected chi connectivity index (χ0v) is 18.9. The van der Waals surface area contributed by atoms with Gasteiger partial charge in [0, 0.05) is 44.8 Å². The van der Waals surface area contributed by atoms with Gasteiger partial charge in [0.1, 0.15) is 0 Å². The summed E-state index contributed by atoms with van der Waals surface area (Å²) in [6, 6.07) is 7.94. The summed E-state index contributed by atoms with van der Waals surface area (Å²) in [5, 5.41) is 13.7. The number of rotatable bonds is 7. The molecule has 0 unspecified atom stereocenters. The van der Waals surface area contributed by atoms with Gasteiger partial charge in [0.2, 0.25) is 0 Å². The topological polar surface area (TPSA) is 51.1 Å². The van der Waals surface area contributed by atoms with E-state index in [1.54, 1.807) is 0 Å². The predicted octanol–water partition coefficient (Wildman–Crippen LogP) is 3.20. The number of aliphatic hydroxyl groups excluding tert-OH is 1. The van der Waals surface area contributed by atoms with E-state index in [0.29, 0.717) is 0 Å². The van der Waals surface area contributed by atoms with Gasteiger partial charge in [0.15, 0.2) is 5.96 Å². The van der Waals surface area contributed by atoms with Crippen LogP contribution in [0.2, 0.25) is 5.02 Å². The quantitative estimate of drug-likeness (QED) is 0.265. The molecular formula is C19H32ClIN4O. The molecule has 0 spiro atoms. The fourth-order valence-electron chi connectivity index (χ4n) is 3.03. The van der Waals surface area contributed by atoms with Crippen molar-refractivity contribution in [2.75, 3.05) is 39.8 Å². The zero-order chi connectivity index (χ0) is 18.1. The summed E-state index contributed by atoms with van der Waals surface area (Å²) in [6.07, 6.45) is 2.74. The molecule has 26 heavy (non-hydrogen) atoms. The molecule has 5 nitrogen and oxygen atoms in total. The van der Waals surface area contributed by atoms with E-state index in [2.05, 4.69) is 29.1 Å². The van der Waals surface area contributed by atoms with Crippen molar-refractivity contribution in [2.45, 2.75) is 38.8 Å². The van der Waals surface area contributed by atoms with Crippen LogP contribution in [-0.2, 0) is 6.54 Å². The van der Waals surface area contributed by atoms with Crippen LogP contribution in [0.25, 0.3) is 0 Å². The first kappa shape index (κ1) is 23.5. The highest BCUT2D eigenvalue weighted by atomic mass is 127. The summed E-state index contributed by atoms with van der Waals surface area (Å²) in [7, 11) is 2.06. The Balaban J connectivity index is 0.00000338. The van der Waals surface area contributed by atoms with Crippen LogP contribution in [0, 0.1) is 0 Å². The smallest absolute Gasteiger partial charge is 0.193 e. The number of nitrogens with zero attached hydrogens (tertiary/aromatic N) is 3. The molecule has 148 valence electrons. The first-order chi connectivity index (χ1) is 12.1. The van der Waals surface area contributed by atoms with Gasteiger partial charge in [-0.1, -0.05) is 23.7 Å². The van der Waals surface area contributed by atoms with Gasteiger partial charge in [-0.3, -0.25) is 4.99 Å². The van der Waals surface area contributed by atoms with Gasteiger partial charge in [-0.05, 0) is 50.4 Å². The Bertz CT molecular complexity index is 533. The Hall–Kier alpha value is -0.570. The molecule has 1 heterocycles. The summed E-state index contributed by atoms with van der Waals surface area (Å²) >= 11 is 5.95. The van der Waals surface area contributed by atoms with E-state index in [9.17, 15) is 5.11 Å². The number of hydrogen-bond donors (Lipinski definition) is 2. The van der Waals surface area contributed by atoms with E-state index in [4.69, 9.17) is 16.6 Å². The second kappa shape index (κ2) is 12.8. The summed E-state index contributed by atoms with van der Waals surface area (Å²) < 4.78 is 0. The van der Waals surface area contributed by atoms with Crippen molar-refractivity contribution < 1.29 is 5.11 Å². The number of aliphatic hydroxyl groups is 1. The van der Waals surface area contributed by atoms with Gasteiger partial charge in [-0.2, -0.15) is 0 Å². The molecule has 2 rings (SSSR count). The molecule has 2 N–H and O–H groups in total. The Morgan fingerprint density at radius 2 is 1.96 bits per heavy atom. The molecule has 1 aliphatic heterocycles. The molecule has 1 aliphatic rings. The van der Waals surface area contributed by atoms with Crippen molar-refractivity contribution in [3.8, 4) is 0 Å². The summed E-state index contributed by atoms with van der Waals surface area (Å²) in [5.74, 6) is 0.937. The number of halogens is 2. The Labute approximate surface area is 179 Å². The van der Waals surface area contributed by atoms with Crippen molar-refractivity contribution in [2.24, 2.45) is 4.99 Å². The Morgan fingerprint density at radius 1 is 1.31 bits per heavy atom. The molecule has 7 heteroatoms. The Morgan fingerprint density at radius 3 is 2.58 bits per heavy atom. The third-order valence-electron chi connectivity index (χ3n) is 4.48. The average molecular weight is 495 g/mol. The number of guanidine groups is 1. The molecule has 1 aromatic rings. The molecule has 0 atom stereocenters. The molecule has 0 radical (unpaired) electrons. The normalized spacial score (nSPS) is 16.2. The molecule has 1 aromatic carbocycles. The maximum absolute atomic E-state index is 9.56. The van der Waals surface area contributed by atoms with Gasteiger partial charge in [0.25, 0.3) is 0 Å². The fourth-order valence-corrected chi connectivity index (χ4v) is 3.16. The molecule has 0 bridgehead atoms. The summed E-state index contributed by atoms with van der Waals surface area (Å²) in [4.78, 5) is 9.32. The van der Waals surface area contributed by atoms with E-state index < -0.39 is 0 Å². The van der Waals surface area contributed by atoms with Crippen LogP contribution >= 0.6 is 35.6 Å². The van der Waals surface area contributed by atoms with Crippen LogP contribution in [0.5, 0.6) is 0 Å². The van der Waals surface area contributed by atoms with Crippen LogP contribution in [0.15, 0.2) is 29.3 Å². The number of piperidine rings is 1. The van der Waals surface area contributed by atoms with Gasteiger partial charge in [-0.15, -0.1) is 24.0 Å². The molecule has 0 amide bonds. The highest BCUT2D eigenvalue weighted by Gasteiger charge is 2.16. The maximum Gasteiger partial charge on any atom is 0.193 e. The summed E-state index contributed by atoms with van der Waals surface area (Å²) in [6.45, 7) is 7.61. The molecule has 1 fully saturated rings. The minimum atomic E-state index is -0.101. The number of hydrogen-bond acceptors (Lipinski definition) is 3. The second-order valence-electron chi connectivity index (χ2n) is 6.64. The SMILES string of the molecule is CCNC(=NCCCN1CCC(O)CC1)N(C)Cc1ccc(Cl)cc1.I. The van der Waals surface area contributed by atoms with Gasteiger partial charge in [0.05, 0.1) is 6.10 Å².